The van der Waals surface area contributed by atoms with Crippen LogP contribution in [0.25, 0.3) is 0 Å². The van der Waals surface area contributed by atoms with E-state index in [0.29, 0.717) is 31.6 Å². The van der Waals surface area contributed by atoms with Crippen molar-refractivity contribution in [1.82, 2.24) is 0 Å². The van der Waals surface area contributed by atoms with E-state index in [4.69, 9.17) is 4.74 Å². The Kier molecular flexibility index (Phi) is 3.45. The normalized spacial score (nSPS) is 21.2. The van der Waals surface area contributed by atoms with Gasteiger partial charge in [-0.15, -0.1) is 0 Å². The van der Waals surface area contributed by atoms with E-state index in [2.05, 4.69) is 0 Å². The molecule has 0 aromatic heterocycles. The van der Waals surface area contributed by atoms with Crippen LogP contribution in [-0.2, 0) is 10.3 Å². The van der Waals surface area contributed by atoms with Gasteiger partial charge in [0.2, 0.25) is 0 Å². The molecule has 1 aromatic rings. The second kappa shape index (κ2) is 4.70. The van der Waals surface area contributed by atoms with Crippen molar-refractivity contribution in [3.63, 3.8) is 0 Å². The Morgan fingerprint density at radius 3 is 2.24 bits per heavy atom. The molecule has 94 valence electrons. The van der Waals surface area contributed by atoms with Crippen LogP contribution in [0.1, 0.15) is 25.3 Å². The van der Waals surface area contributed by atoms with Crippen LogP contribution in [0.3, 0.4) is 0 Å². The molecule has 1 unspecified atom stereocenters. The van der Waals surface area contributed by atoms with Crippen molar-refractivity contribution in [3.05, 3.63) is 35.4 Å². The average Bonchev–Trinajstić information content (AvgIpc) is 2.29. The molecule has 0 saturated carbocycles. The highest BCUT2D eigenvalue weighted by Crippen LogP contribution is 2.36. The Balaban J connectivity index is 2.29. The van der Waals surface area contributed by atoms with E-state index in [1.165, 1.54) is 12.1 Å². The lowest BCUT2D eigenvalue weighted by atomic mass is 9.78. The van der Waals surface area contributed by atoms with E-state index < -0.39 is 17.2 Å². The fourth-order valence-corrected chi connectivity index (χ4v) is 2.34. The summed E-state index contributed by atoms with van der Waals surface area (Å²) in [4.78, 5) is 0. The average molecular weight is 242 g/mol. The number of hydrogen-bond acceptors (Lipinski definition) is 2. The fraction of sp³-hybridized carbons (Fsp3) is 0.538. The molecule has 0 bridgehead atoms. The summed E-state index contributed by atoms with van der Waals surface area (Å²) in [5.74, 6) is -1.35. The second-order valence-corrected chi connectivity index (χ2v) is 4.69. The van der Waals surface area contributed by atoms with Gasteiger partial charge in [-0.05, 0) is 43.4 Å². The molecule has 0 radical (unpaired) electrons. The highest BCUT2D eigenvalue weighted by Gasteiger charge is 2.35. The molecule has 0 aliphatic carbocycles. The first kappa shape index (κ1) is 12.5. The molecule has 4 heteroatoms. The predicted molar refractivity (Wildman–Crippen MR) is 59.5 cm³/mol. The van der Waals surface area contributed by atoms with Gasteiger partial charge in [-0.3, -0.25) is 0 Å². The third kappa shape index (κ3) is 2.64. The van der Waals surface area contributed by atoms with Crippen LogP contribution in [0, 0.1) is 17.6 Å². The number of halogens is 2. The van der Waals surface area contributed by atoms with Gasteiger partial charge in [0.05, 0.1) is 5.60 Å². The first-order valence-corrected chi connectivity index (χ1v) is 5.77. The lowest BCUT2D eigenvalue weighted by Gasteiger charge is -2.36. The zero-order chi connectivity index (χ0) is 12.5. The summed E-state index contributed by atoms with van der Waals surface area (Å²) in [5.41, 5.74) is -0.922. The Labute approximate surface area is 99.2 Å². The highest BCUT2D eigenvalue weighted by atomic mass is 19.1. The van der Waals surface area contributed by atoms with Crippen molar-refractivity contribution in [2.45, 2.75) is 25.4 Å². The molecule has 0 spiro atoms. The minimum absolute atomic E-state index is 0.0301. The van der Waals surface area contributed by atoms with Gasteiger partial charge in [0.15, 0.2) is 0 Å². The van der Waals surface area contributed by atoms with Gasteiger partial charge in [0, 0.05) is 19.3 Å². The fourth-order valence-electron chi connectivity index (χ4n) is 2.34. The van der Waals surface area contributed by atoms with Crippen molar-refractivity contribution in [1.29, 1.82) is 0 Å². The van der Waals surface area contributed by atoms with Crippen molar-refractivity contribution in [2.24, 2.45) is 5.92 Å². The molecule has 2 nitrogen and oxygen atoms in total. The summed E-state index contributed by atoms with van der Waals surface area (Å²) in [6, 6.07) is 3.20. The molecule has 0 amide bonds. The van der Waals surface area contributed by atoms with E-state index in [1.807, 2.05) is 0 Å². The number of benzene rings is 1. The van der Waals surface area contributed by atoms with Crippen LogP contribution in [0.15, 0.2) is 18.2 Å². The van der Waals surface area contributed by atoms with Gasteiger partial charge in [-0.2, -0.15) is 0 Å². The quantitative estimate of drug-likeness (QED) is 0.863. The number of aliphatic hydroxyl groups is 1. The van der Waals surface area contributed by atoms with Crippen LogP contribution >= 0.6 is 0 Å². The van der Waals surface area contributed by atoms with Crippen LogP contribution in [-0.4, -0.2) is 18.3 Å². The lowest BCUT2D eigenvalue weighted by molar-refractivity contribution is -0.0582. The monoisotopic (exact) mass is 242 g/mol. The maximum absolute atomic E-state index is 13.1. The summed E-state index contributed by atoms with van der Waals surface area (Å²) < 4.78 is 31.5. The van der Waals surface area contributed by atoms with Gasteiger partial charge in [-0.25, -0.2) is 8.78 Å². The van der Waals surface area contributed by atoms with E-state index in [0.717, 1.165) is 6.07 Å². The molecule has 1 heterocycles. The number of ether oxygens (including phenoxy) is 1. The molecular weight excluding hydrogens is 226 g/mol. The van der Waals surface area contributed by atoms with E-state index >= 15 is 0 Å². The molecule has 1 aromatic carbocycles. The van der Waals surface area contributed by atoms with Gasteiger partial charge in [0.25, 0.3) is 0 Å². The second-order valence-electron chi connectivity index (χ2n) is 4.69. The van der Waals surface area contributed by atoms with E-state index in [-0.39, 0.29) is 5.92 Å². The Bertz CT molecular complexity index is 378. The lowest BCUT2D eigenvalue weighted by Crippen LogP contribution is -2.36. The molecule has 1 aliphatic rings. The largest absolute Gasteiger partial charge is 0.385 e. The Morgan fingerprint density at radius 1 is 1.18 bits per heavy atom. The summed E-state index contributed by atoms with van der Waals surface area (Å²) in [5, 5.41) is 10.5. The van der Waals surface area contributed by atoms with E-state index in [9.17, 15) is 13.9 Å². The zero-order valence-electron chi connectivity index (χ0n) is 9.75. The summed E-state index contributed by atoms with van der Waals surface area (Å²) in [6.07, 6.45) is 1.40. The van der Waals surface area contributed by atoms with Crippen molar-refractivity contribution >= 4 is 0 Å². The van der Waals surface area contributed by atoms with Gasteiger partial charge in [-0.1, -0.05) is 0 Å². The van der Waals surface area contributed by atoms with Gasteiger partial charge >= 0.3 is 0 Å². The van der Waals surface area contributed by atoms with Crippen LogP contribution in [0.4, 0.5) is 8.78 Å². The molecule has 1 aliphatic heterocycles. The number of rotatable bonds is 2. The molecular formula is C13H16F2O2. The van der Waals surface area contributed by atoms with Gasteiger partial charge < -0.3 is 9.84 Å². The molecule has 1 fully saturated rings. The third-order valence-electron chi connectivity index (χ3n) is 3.46. The van der Waals surface area contributed by atoms with Crippen molar-refractivity contribution in [3.8, 4) is 0 Å². The highest BCUT2D eigenvalue weighted by molar-refractivity contribution is 5.24. The van der Waals surface area contributed by atoms with Crippen molar-refractivity contribution < 1.29 is 18.6 Å². The minimum atomic E-state index is -1.22. The van der Waals surface area contributed by atoms with E-state index in [1.54, 1.807) is 6.92 Å². The maximum Gasteiger partial charge on any atom is 0.126 e. The topological polar surface area (TPSA) is 29.5 Å². The minimum Gasteiger partial charge on any atom is -0.385 e. The first-order valence-electron chi connectivity index (χ1n) is 5.77. The molecule has 1 atom stereocenters. The SMILES string of the molecule is CC(O)(c1cc(F)cc(F)c1)C1CCOCC1. The Morgan fingerprint density at radius 2 is 1.71 bits per heavy atom. The molecule has 1 N–H and O–H groups in total. The number of hydrogen-bond donors (Lipinski definition) is 1. The summed E-state index contributed by atoms with van der Waals surface area (Å²) in [6.45, 7) is 2.77. The van der Waals surface area contributed by atoms with Crippen LogP contribution in [0.5, 0.6) is 0 Å². The van der Waals surface area contributed by atoms with Crippen LogP contribution in [0.2, 0.25) is 0 Å². The maximum atomic E-state index is 13.1. The standard InChI is InChI=1S/C13H16F2O2/c1-13(16,9-2-4-17-5-3-9)10-6-11(14)8-12(15)7-10/h6-9,16H,2-5H2,1H3. The first-order chi connectivity index (χ1) is 8.00. The summed E-state index contributed by atoms with van der Waals surface area (Å²) >= 11 is 0. The van der Waals surface area contributed by atoms with Gasteiger partial charge in [0.1, 0.15) is 11.6 Å². The molecule has 1 saturated heterocycles. The van der Waals surface area contributed by atoms with Crippen LogP contribution < -0.4 is 0 Å². The van der Waals surface area contributed by atoms with Crippen molar-refractivity contribution in [2.75, 3.05) is 13.2 Å². The molecule has 17 heavy (non-hydrogen) atoms. The smallest absolute Gasteiger partial charge is 0.126 e. The summed E-state index contributed by atoms with van der Waals surface area (Å²) in [7, 11) is 0. The zero-order valence-corrected chi connectivity index (χ0v) is 9.75. The molecule has 2 rings (SSSR count). The Hall–Kier alpha value is -1.00. The third-order valence-corrected chi connectivity index (χ3v) is 3.46. The predicted octanol–water partition coefficient (Wildman–Crippen LogP) is 2.60.